The zero-order chi connectivity index (χ0) is 27.6. The van der Waals surface area contributed by atoms with E-state index in [0.29, 0.717) is 38.9 Å². The molecular formula is C28H24BrN9O2. The summed E-state index contributed by atoms with van der Waals surface area (Å²) in [5.74, 6) is 0.305. The van der Waals surface area contributed by atoms with E-state index >= 15 is 0 Å². The van der Waals surface area contributed by atoms with Crippen LogP contribution in [0.15, 0.2) is 65.8 Å². The topological polar surface area (TPSA) is 145 Å². The Bertz CT molecular complexity index is 1830. The molecule has 5 aromatic rings. The van der Waals surface area contributed by atoms with Crippen LogP contribution >= 0.6 is 15.9 Å². The molecule has 1 aliphatic heterocycles. The molecule has 7 rings (SSSR count). The van der Waals surface area contributed by atoms with Gasteiger partial charge in [-0.15, -0.1) is 0 Å². The first-order valence-electron chi connectivity index (χ1n) is 12.9. The predicted octanol–water partition coefficient (Wildman–Crippen LogP) is 3.80. The fourth-order valence-corrected chi connectivity index (χ4v) is 6.23. The monoisotopic (exact) mass is 597 g/mol. The molecule has 6 heterocycles. The lowest BCUT2D eigenvalue weighted by atomic mass is 10.0. The number of anilines is 2. The smallest absolute Gasteiger partial charge is 0.248 e. The number of nitrogens with one attached hydrogen (secondary N) is 1. The SMILES string of the molecule is C[C@]12CC1N(C(=O)Cn1c3ccc(-c4cccnc4)nc3c3c(N)ncnc31)[C@H](C(=O)Nc1cccc(Br)n1)C2. The molecule has 3 N–H and O–H groups in total. The van der Waals surface area contributed by atoms with Crippen LogP contribution in [0, 0.1) is 5.41 Å². The Labute approximate surface area is 237 Å². The molecule has 1 unspecified atom stereocenters. The van der Waals surface area contributed by atoms with Crippen molar-refractivity contribution in [3.8, 4) is 11.3 Å². The van der Waals surface area contributed by atoms with Crippen LogP contribution in [0.2, 0.25) is 0 Å². The van der Waals surface area contributed by atoms with E-state index in [2.05, 4.69) is 48.1 Å². The van der Waals surface area contributed by atoms with Crippen molar-refractivity contribution < 1.29 is 9.59 Å². The Morgan fingerprint density at radius 2 is 2.00 bits per heavy atom. The number of hydrogen-bond acceptors (Lipinski definition) is 8. The largest absolute Gasteiger partial charge is 0.383 e. The van der Waals surface area contributed by atoms with Crippen LogP contribution in [-0.2, 0) is 16.1 Å². The van der Waals surface area contributed by atoms with E-state index in [-0.39, 0.29) is 35.6 Å². The second kappa shape index (κ2) is 9.05. The maximum atomic E-state index is 14.0. The Kier molecular flexibility index (Phi) is 5.56. The molecule has 2 fully saturated rings. The van der Waals surface area contributed by atoms with Crippen molar-refractivity contribution in [3.05, 3.63) is 65.8 Å². The van der Waals surface area contributed by atoms with Crippen molar-refractivity contribution in [2.75, 3.05) is 11.1 Å². The maximum absolute atomic E-state index is 14.0. The number of halogens is 1. The summed E-state index contributed by atoms with van der Waals surface area (Å²) in [6.45, 7) is 2.11. The van der Waals surface area contributed by atoms with Gasteiger partial charge in [-0.3, -0.25) is 14.6 Å². The van der Waals surface area contributed by atoms with Gasteiger partial charge in [0.05, 0.1) is 16.6 Å². The number of carbonyl (C=O) groups excluding carboxylic acids is 2. The highest BCUT2D eigenvalue weighted by Gasteiger charge is 2.64. The van der Waals surface area contributed by atoms with Gasteiger partial charge in [-0.2, -0.15) is 0 Å². The Morgan fingerprint density at radius 3 is 2.80 bits per heavy atom. The Morgan fingerprint density at radius 1 is 1.12 bits per heavy atom. The lowest BCUT2D eigenvalue weighted by molar-refractivity contribution is -0.138. The molecule has 1 saturated heterocycles. The summed E-state index contributed by atoms with van der Waals surface area (Å²) in [7, 11) is 0. The normalized spacial score (nSPS) is 21.5. The van der Waals surface area contributed by atoms with E-state index < -0.39 is 6.04 Å². The number of likely N-dealkylation sites (tertiary alicyclic amines) is 1. The molecule has 0 spiro atoms. The van der Waals surface area contributed by atoms with Crippen molar-refractivity contribution in [2.45, 2.75) is 38.4 Å². The van der Waals surface area contributed by atoms with Crippen molar-refractivity contribution in [2.24, 2.45) is 5.41 Å². The number of nitrogen functional groups attached to an aromatic ring is 1. The molecule has 1 aliphatic carbocycles. The zero-order valence-corrected chi connectivity index (χ0v) is 23.0. The van der Waals surface area contributed by atoms with E-state index in [0.717, 1.165) is 17.7 Å². The molecule has 11 nitrogen and oxygen atoms in total. The molecule has 2 aliphatic rings. The van der Waals surface area contributed by atoms with Gasteiger partial charge in [-0.05, 0) is 70.6 Å². The second-order valence-electron chi connectivity index (χ2n) is 10.6. The van der Waals surface area contributed by atoms with E-state index in [1.165, 1.54) is 6.33 Å². The zero-order valence-electron chi connectivity index (χ0n) is 21.5. The lowest BCUT2D eigenvalue weighted by Gasteiger charge is -2.27. The number of nitrogens with zero attached hydrogens (tertiary/aromatic N) is 7. The van der Waals surface area contributed by atoms with Crippen molar-refractivity contribution in [3.63, 3.8) is 0 Å². The summed E-state index contributed by atoms with van der Waals surface area (Å²) in [4.78, 5) is 51.1. The minimum absolute atomic E-state index is 0.00862. The van der Waals surface area contributed by atoms with Gasteiger partial charge < -0.3 is 20.5 Å². The fourth-order valence-electron chi connectivity index (χ4n) is 5.89. The quantitative estimate of drug-likeness (QED) is 0.291. The number of fused-ring (bicyclic) bond motifs is 4. The number of hydrogen-bond donors (Lipinski definition) is 2. The van der Waals surface area contributed by atoms with Crippen LogP contribution in [0.5, 0.6) is 0 Å². The summed E-state index contributed by atoms with van der Waals surface area (Å²) in [6.07, 6.45) is 6.30. The van der Waals surface area contributed by atoms with E-state index in [9.17, 15) is 9.59 Å². The molecule has 2 amide bonds. The van der Waals surface area contributed by atoms with Crippen LogP contribution in [0.1, 0.15) is 19.8 Å². The summed E-state index contributed by atoms with van der Waals surface area (Å²) in [5, 5.41) is 3.47. The van der Waals surface area contributed by atoms with Gasteiger partial charge in [-0.25, -0.2) is 19.9 Å². The average molecular weight is 598 g/mol. The summed E-state index contributed by atoms with van der Waals surface area (Å²) in [6, 6.07) is 12.3. The van der Waals surface area contributed by atoms with Gasteiger partial charge in [0.25, 0.3) is 0 Å². The van der Waals surface area contributed by atoms with Gasteiger partial charge in [-0.1, -0.05) is 13.0 Å². The molecule has 1 saturated carbocycles. The van der Waals surface area contributed by atoms with Gasteiger partial charge in [0.15, 0.2) is 0 Å². The van der Waals surface area contributed by atoms with E-state index in [4.69, 9.17) is 10.7 Å². The molecule has 200 valence electrons. The van der Waals surface area contributed by atoms with Crippen LogP contribution < -0.4 is 11.1 Å². The molecule has 0 aromatic carbocycles. The predicted molar refractivity (Wildman–Crippen MR) is 153 cm³/mol. The van der Waals surface area contributed by atoms with Crippen molar-refractivity contribution >= 4 is 61.4 Å². The van der Waals surface area contributed by atoms with Gasteiger partial charge in [0.2, 0.25) is 11.8 Å². The Balaban J connectivity index is 1.24. The summed E-state index contributed by atoms with van der Waals surface area (Å²) >= 11 is 3.33. The minimum Gasteiger partial charge on any atom is -0.383 e. The first-order valence-corrected chi connectivity index (χ1v) is 13.7. The number of nitrogens with two attached hydrogens (primary N) is 1. The maximum Gasteiger partial charge on any atom is 0.248 e. The van der Waals surface area contributed by atoms with Crippen LogP contribution in [-0.4, -0.2) is 58.3 Å². The number of piperidine rings is 1. The number of carbonyl (C=O) groups is 2. The number of rotatable bonds is 5. The lowest BCUT2D eigenvalue weighted by Crippen LogP contribution is -2.46. The highest BCUT2D eigenvalue weighted by Crippen LogP contribution is 2.59. The summed E-state index contributed by atoms with van der Waals surface area (Å²) in [5.41, 5.74) is 9.63. The molecule has 40 heavy (non-hydrogen) atoms. The first kappa shape index (κ1) is 24.6. The standard InChI is InChI=1S/C28H24BrN9O2/c1-28-10-18(27(40)36-21-6-2-5-20(29)35-21)38(19(28)11-28)22(39)13-37-17-8-7-16(15-4-3-9-31-12-15)34-24(17)23-25(30)32-14-33-26(23)37/h2-9,12,14,18-19H,10-11,13H2,1H3,(H2,30,32,33)(H,35,36,40)/t18-,19?,28-/m0/s1. The fraction of sp³-hybridized carbons (Fsp3) is 0.250. The van der Waals surface area contributed by atoms with Crippen LogP contribution in [0.4, 0.5) is 11.6 Å². The van der Waals surface area contributed by atoms with Crippen LogP contribution in [0.25, 0.3) is 33.3 Å². The van der Waals surface area contributed by atoms with Gasteiger partial charge in [0, 0.05) is 24.0 Å². The number of amides is 2. The molecule has 3 atom stereocenters. The van der Waals surface area contributed by atoms with Crippen molar-refractivity contribution in [1.29, 1.82) is 0 Å². The summed E-state index contributed by atoms with van der Waals surface area (Å²) < 4.78 is 2.43. The van der Waals surface area contributed by atoms with Gasteiger partial charge in [0.1, 0.15) is 46.3 Å². The second-order valence-corrected chi connectivity index (χ2v) is 11.4. The first-order chi connectivity index (χ1) is 19.3. The highest BCUT2D eigenvalue weighted by atomic mass is 79.9. The molecule has 0 bridgehead atoms. The minimum atomic E-state index is -0.597. The van der Waals surface area contributed by atoms with E-state index in [1.807, 2.05) is 28.8 Å². The molecular weight excluding hydrogens is 574 g/mol. The average Bonchev–Trinajstić information content (AvgIpc) is 3.35. The number of aromatic nitrogens is 6. The number of pyridine rings is 3. The molecule has 5 aromatic heterocycles. The molecule has 0 radical (unpaired) electrons. The third-order valence-electron chi connectivity index (χ3n) is 7.96. The van der Waals surface area contributed by atoms with Crippen molar-refractivity contribution in [1.82, 2.24) is 34.4 Å². The highest BCUT2D eigenvalue weighted by molar-refractivity contribution is 9.10. The molecule has 12 heteroatoms. The van der Waals surface area contributed by atoms with E-state index in [1.54, 1.807) is 35.5 Å². The van der Waals surface area contributed by atoms with Crippen LogP contribution in [0.3, 0.4) is 0 Å². The van der Waals surface area contributed by atoms with Gasteiger partial charge >= 0.3 is 0 Å². The third kappa shape index (κ3) is 3.98. The Hall–Kier alpha value is -4.45. The third-order valence-corrected chi connectivity index (χ3v) is 8.40.